The molecule has 3 aliphatic carbocycles. The Kier molecular flexibility index (Phi) is 6.39. The lowest BCUT2D eigenvalue weighted by Crippen LogP contribution is -2.65. The molecule has 0 aromatic heterocycles. The second-order valence-corrected chi connectivity index (χ2v) is 10.5. The Bertz CT molecular complexity index is 1540. The molecule has 0 spiro atoms. The molecule has 4 atom stereocenters. The molecule has 0 heterocycles. The Balaban J connectivity index is 1.75. The van der Waals surface area contributed by atoms with Crippen molar-refractivity contribution in [2.75, 3.05) is 28.3 Å². The second-order valence-electron chi connectivity index (χ2n) is 10.5. The first-order valence-electron chi connectivity index (χ1n) is 12.6. The van der Waals surface area contributed by atoms with E-state index in [4.69, 9.17) is 15.2 Å². The number of hydrogen-bond acceptors (Lipinski definition) is 10. The van der Waals surface area contributed by atoms with Crippen molar-refractivity contribution in [1.29, 1.82) is 0 Å². The number of benzene rings is 2. The normalized spacial score (nSPS) is 25.9. The van der Waals surface area contributed by atoms with Gasteiger partial charge in [0.15, 0.2) is 11.4 Å². The van der Waals surface area contributed by atoms with Gasteiger partial charge in [-0.2, -0.15) is 0 Å². The largest absolute Gasteiger partial charge is 0.508 e. The SMILES string of the molecule is COc1ccc(OC)c(-c2ccc(O)c3c2C[C@H]2C[C@H]4[C@H](N(C)C)C(=O)C(C(N)=O)=C(O)[C@@]4(O)C(=O)C2=C3O)c1. The standard InChI is InChI=1S/C29H30N2O9/c1-31(2)23-17-10-12-9-16-14(15-11-13(39-3)5-8-19(15)40-4)6-7-18(32)21(16)24(33)20(12)26(35)29(17,38)27(36)22(25(23)34)28(30)37/h5-8,11-12,17,23,32-33,36,38H,9-10H2,1-4H3,(H2,30,37)/t12-,17-,23-,29-/m0/s1. The van der Waals surface area contributed by atoms with E-state index < -0.39 is 58.0 Å². The van der Waals surface area contributed by atoms with Gasteiger partial charge < -0.3 is 35.6 Å². The van der Waals surface area contributed by atoms with E-state index in [9.17, 15) is 34.8 Å². The molecule has 0 unspecified atom stereocenters. The van der Waals surface area contributed by atoms with Gasteiger partial charge in [0.2, 0.25) is 5.78 Å². The third-order valence-electron chi connectivity index (χ3n) is 8.30. The maximum Gasteiger partial charge on any atom is 0.255 e. The average Bonchev–Trinajstić information content (AvgIpc) is 2.90. The van der Waals surface area contributed by atoms with E-state index in [1.54, 1.807) is 38.4 Å². The van der Waals surface area contributed by atoms with Crippen LogP contribution in [0.1, 0.15) is 17.5 Å². The molecule has 40 heavy (non-hydrogen) atoms. The van der Waals surface area contributed by atoms with Crippen LogP contribution in [0.4, 0.5) is 0 Å². The van der Waals surface area contributed by atoms with E-state index in [0.717, 1.165) is 0 Å². The number of carbonyl (C=O) groups is 3. The molecule has 0 aliphatic heterocycles. The monoisotopic (exact) mass is 550 g/mol. The molecule has 3 aliphatic rings. The number of ketones is 2. The fourth-order valence-corrected chi connectivity index (χ4v) is 6.52. The Morgan fingerprint density at radius 1 is 1.05 bits per heavy atom. The lowest BCUT2D eigenvalue weighted by atomic mass is 9.57. The maximum absolute atomic E-state index is 14.0. The molecular weight excluding hydrogens is 520 g/mol. The molecule has 11 nitrogen and oxygen atoms in total. The smallest absolute Gasteiger partial charge is 0.255 e. The number of carbonyl (C=O) groups excluding carboxylic acids is 3. The minimum Gasteiger partial charge on any atom is -0.508 e. The number of aliphatic hydroxyl groups excluding tert-OH is 2. The van der Waals surface area contributed by atoms with Crippen molar-refractivity contribution < 1.29 is 44.3 Å². The molecular formula is C29H30N2O9. The van der Waals surface area contributed by atoms with Crippen molar-refractivity contribution in [1.82, 2.24) is 4.90 Å². The van der Waals surface area contributed by atoms with Crippen LogP contribution in [0.3, 0.4) is 0 Å². The third kappa shape index (κ3) is 3.61. The quantitative estimate of drug-likeness (QED) is 0.344. The van der Waals surface area contributed by atoms with E-state index >= 15 is 0 Å². The summed E-state index contributed by atoms with van der Waals surface area (Å²) >= 11 is 0. The molecule has 0 bridgehead atoms. The summed E-state index contributed by atoms with van der Waals surface area (Å²) in [5, 5.41) is 45.0. The van der Waals surface area contributed by atoms with Crippen LogP contribution < -0.4 is 15.2 Å². The first-order chi connectivity index (χ1) is 18.9. The number of aromatic hydroxyl groups is 1. The summed E-state index contributed by atoms with van der Waals surface area (Å²) in [5.41, 5.74) is 3.38. The van der Waals surface area contributed by atoms with E-state index in [2.05, 4.69) is 0 Å². The number of phenols is 1. The van der Waals surface area contributed by atoms with Crippen LogP contribution >= 0.6 is 0 Å². The summed E-state index contributed by atoms with van der Waals surface area (Å²) in [6.45, 7) is 0. The fourth-order valence-electron chi connectivity index (χ4n) is 6.52. The highest BCUT2D eigenvalue weighted by Crippen LogP contribution is 2.54. The van der Waals surface area contributed by atoms with Gasteiger partial charge in [0.05, 0.1) is 25.8 Å². The number of Topliss-reactive ketones (excluding diaryl/α,β-unsaturated/α-hetero) is 2. The molecule has 11 heteroatoms. The minimum absolute atomic E-state index is 0.00124. The molecule has 6 N–H and O–H groups in total. The summed E-state index contributed by atoms with van der Waals surface area (Å²) in [4.78, 5) is 40.8. The number of ether oxygens (including phenoxy) is 2. The van der Waals surface area contributed by atoms with Gasteiger partial charge in [-0.15, -0.1) is 0 Å². The molecule has 1 fully saturated rings. The predicted molar refractivity (Wildman–Crippen MR) is 143 cm³/mol. The van der Waals surface area contributed by atoms with Crippen LogP contribution in [-0.4, -0.2) is 82.8 Å². The number of phenolic OH excluding ortho intramolecular Hbond substituents is 1. The van der Waals surface area contributed by atoms with Crippen LogP contribution in [0.25, 0.3) is 16.9 Å². The number of aliphatic hydroxyl groups is 3. The number of hydrogen-bond donors (Lipinski definition) is 5. The molecule has 0 saturated heterocycles. The van der Waals surface area contributed by atoms with E-state index in [1.165, 1.54) is 25.2 Å². The van der Waals surface area contributed by atoms with Crippen molar-refractivity contribution in [3.8, 4) is 28.4 Å². The average molecular weight is 551 g/mol. The number of methoxy groups -OCH3 is 2. The first kappa shape index (κ1) is 27.2. The number of rotatable bonds is 5. The zero-order valence-corrected chi connectivity index (χ0v) is 22.4. The van der Waals surface area contributed by atoms with Crippen molar-refractivity contribution in [2.24, 2.45) is 17.6 Å². The van der Waals surface area contributed by atoms with Gasteiger partial charge in [-0.05, 0) is 68.2 Å². The van der Waals surface area contributed by atoms with Crippen molar-refractivity contribution >= 4 is 23.2 Å². The second kappa shape index (κ2) is 9.39. The van der Waals surface area contributed by atoms with Gasteiger partial charge in [0.1, 0.15) is 34.3 Å². The molecule has 2 aromatic carbocycles. The summed E-state index contributed by atoms with van der Waals surface area (Å²) in [6, 6.07) is 7.10. The number of nitrogens with zero attached hydrogens (tertiary/aromatic N) is 1. The van der Waals surface area contributed by atoms with Crippen LogP contribution in [-0.2, 0) is 20.8 Å². The number of primary amides is 1. The highest BCUT2D eigenvalue weighted by atomic mass is 16.5. The van der Waals surface area contributed by atoms with Crippen molar-refractivity contribution in [3.63, 3.8) is 0 Å². The van der Waals surface area contributed by atoms with Crippen molar-refractivity contribution in [3.05, 3.63) is 58.4 Å². The molecule has 0 radical (unpaired) electrons. The summed E-state index contributed by atoms with van der Waals surface area (Å²) in [5.74, 6) is -5.91. The zero-order valence-electron chi connectivity index (χ0n) is 22.4. The van der Waals surface area contributed by atoms with Crippen molar-refractivity contribution in [2.45, 2.75) is 24.5 Å². The van der Waals surface area contributed by atoms with Gasteiger partial charge >= 0.3 is 0 Å². The molecule has 5 rings (SSSR count). The number of nitrogens with two attached hydrogens (primary N) is 1. The lowest BCUT2D eigenvalue weighted by Gasteiger charge is -2.50. The van der Waals surface area contributed by atoms with Crippen LogP contribution in [0, 0.1) is 11.8 Å². The maximum atomic E-state index is 14.0. The van der Waals surface area contributed by atoms with Gasteiger partial charge in [-0.25, -0.2) is 0 Å². The Labute approximate surface area is 229 Å². The van der Waals surface area contributed by atoms with Crippen LogP contribution in [0.5, 0.6) is 17.2 Å². The van der Waals surface area contributed by atoms with Crippen LogP contribution in [0.2, 0.25) is 0 Å². The summed E-state index contributed by atoms with van der Waals surface area (Å²) in [6.07, 6.45) is 0.148. The molecule has 1 amide bonds. The van der Waals surface area contributed by atoms with E-state index in [0.29, 0.717) is 28.2 Å². The Hall–Kier alpha value is -4.35. The van der Waals surface area contributed by atoms with Gasteiger partial charge in [-0.3, -0.25) is 19.3 Å². The predicted octanol–water partition coefficient (Wildman–Crippen LogP) is 1.65. The summed E-state index contributed by atoms with van der Waals surface area (Å²) < 4.78 is 10.9. The number of likely N-dealkylation sites (N-methyl/N-ethyl adjacent to an activating group) is 1. The Morgan fingerprint density at radius 3 is 2.35 bits per heavy atom. The number of amides is 1. The van der Waals surface area contributed by atoms with Gasteiger partial charge in [-0.1, -0.05) is 6.07 Å². The fraction of sp³-hybridized carbons (Fsp3) is 0.345. The summed E-state index contributed by atoms with van der Waals surface area (Å²) in [7, 11) is 6.14. The first-order valence-corrected chi connectivity index (χ1v) is 12.6. The highest BCUT2D eigenvalue weighted by molar-refractivity contribution is 6.24. The van der Waals surface area contributed by atoms with Gasteiger partial charge in [0.25, 0.3) is 5.91 Å². The molecule has 1 saturated carbocycles. The zero-order chi connectivity index (χ0) is 29.3. The highest BCUT2D eigenvalue weighted by Gasteiger charge is 2.64. The van der Waals surface area contributed by atoms with E-state index in [-0.39, 0.29) is 29.7 Å². The number of fused-ring (bicyclic) bond motifs is 3. The molecule has 2 aromatic rings. The lowest BCUT2D eigenvalue weighted by molar-refractivity contribution is -0.153. The van der Waals surface area contributed by atoms with Gasteiger partial charge in [0, 0.05) is 17.1 Å². The minimum atomic E-state index is -2.69. The van der Waals surface area contributed by atoms with Crippen LogP contribution in [0.15, 0.2) is 47.2 Å². The molecule has 210 valence electrons. The Morgan fingerprint density at radius 2 is 1.75 bits per heavy atom. The topological polar surface area (TPSA) is 180 Å². The third-order valence-corrected chi connectivity index (χ3v) is 8.30. The van der Waals surface area contributed by atoms with E-state index in [1.807, 2.05) is 0 Å².